The van der Waals surface area contributed by atoms with Crippen LogP contribution in [0.5, 0.6) is 0 Å². The van der Waals surface area contributed by atoms with Gasteiger partial charge in [0.2, 0.25) is 0 Å². The highest BCUT2D eigenvalue weighted by Crippen LogP contribution is 2.23. The molecule has 6 nitrogen and oxygen atoms in total. The van der Waals surface area contributed by atoms with Gasteiger partial charge >= 0.3 is 0 Å². The summed E-state index contributed by atoms with van der Waals surface area (Å²) < 4.78 is 27.9. The molecule has 150 valence electrons. The average Bonchev–Trinajstić information content (AvgIpc) is 2.74. The van der Waals surface area contributed by atoms with Crippen LogP contribution in [-0.4, -0.2) is 19.3 Å². The van der Waals surface area contributed by atoms with Crippen LogP contribution in [0.4, 0.5) is 11.4 Å². The number of aryl methyl sites for hydroxylation is 1. The van der Waals surface area contributed by atoms with Crippen molar-refractivity contribution >= 4 is 38.1 Å². The first-order valence-corrected chi connectivity index (χ1v) is 10.7. The molecule has 0 atom stereocenters. The number of carbonyl (C=O) groups is 1. The molecule has 2 N–H and O–H groups in total. The van der Waals surface area contributed by atoms with Crippen molar-refractivity contribution in [1.82, 2.24) is 4.98 Å². The van der Waals surface area contributed by atoms with Crippen molar-refractivity contribution in [2.75, 3.05) is 10.0 Å². The highest BCUT2D eigenvalue weighted by atomic mass is 32.2. The van der Waals surface area contributed by atoms with Crippen LogP contribution >= 0.6 is 0 Å². The molecule has 0 spiro atoms. The van der Waals surface area contributed by atoms with E-state index < -0.39 is 15.9 Å². The van der Waals surface area contributed by atoms with Crippen molar-refractivity contribution < 1.29 is 13.2 Å². The molecule has 0 aliphatic rings. The summed E-state index contributed by atoms with van der Waals surface area (Å²) >= 11 is 0. The van der Waals surface area contributed by atoms with E-state index in [4.69, 9.17) is 0 Å². The second kappa shape index (κ2) is 7.96. The molecular weight excluding hydrogens is 398 g/mol. The molecule has 0 saturated heterocycles. The highest BCUT2D eigenvalue weighted by Gasteiger charge is 2.19. The second-order valence-electron chi connectivity index (χ2n) is 6.86. The van der Waals surface area contributed by atoms with E-state index in [1.807, 2.05) is 43.3 Å². The topological polar surface area (TPSA) is 88.2 Å². The van der Waals surface area contributed by atoms with Gasteiger partial charge in [-0.1, -0.05) is 48.0 Å². The number of fused-ring (bicyclic) bond motifs is 1. The lowest BCUT2D eigenvalue weighted by Gasteiger charge is -2.13. The van der Waals surface area contributed by atoms with Crippen LogP contribution in [0.2, 0.25) is 0 Å². The summed E-state index contributed by atoms with van der Waals surface area (Å²) in [6.07, 6.45) is 2.76. The maximum Gasteiger partial charge on any atom is 0.261 e. The standard InChI is InChI=1S/C23H19N3O3S/c1-16-6-10-20(11-7-16)30(28,29)26-22-15-24-13-12-21(22)23(27)25-19-9-8-17-4-2-3-5-18(17)14-19/h2-15,26H,1H3,(H,25,27). The quantitative estimate of drug-likeness (QED) is 0.497. The van der Waals surface area contributed by atoms with Crippen molar-refractivity contribution in [1.29, 1.82) is 0 Å². The summed E-state index contributed by atoms with van der Waals surface area (Å²) in [4.78, 5) is 16.9. The van der Waals surface area contributed by atoms with Gasteiger partial charge in [-0.15, -0.1) is 0 Å². The summed E-state index contributed by atoms with van der Waals surface area (Å²) in [5.74, 6) is -0.436. The third kappa shape index (κ3) is 4.16. The fourth-order valence-corrected chi connectivity index (χ4v) is 4.12. The van der Waals surface area contributed by atoms with Crippen molar-refractivity contribution in [3.8, 4) is 0 Å². The molecule has 0 radical (unpaired) electrons. The Hall–Kier alpha value is -3.71. The first kappa shape index (κ1) is 19.6. The number of aromatic nitrogens is 1. The van der Waals surface area contributed by atoms with Gasteiger partial charge in [0.15, 0.2) is 0 Å². The third-order valence-corrected chi connectivity index (χ3v) is 6.03. The number of sulfonamides is 1. The smallest absolute Gasteiger partial charge is 0.261 e. The number of nitrogens with zero attached hydrogens (tertiary/aromatic N) is 1. The van der Waals surface area contributed by atoms with E-state index in [1.165, 1.54) is 30.6 Å². The van der Waals surface area contributed by atoms with Crippen LogP contribution in [0.15, 0.2) is 90.1 Å². The Morgan fingerprint density at radius 1 is 0.900 bits per heavy atom. The van der Waals surface area contributed by atoms with Gasteiger partial charge in [-0.25, -0.2) is 8.42 Å². The van der Waals surface area contributed by atoms with Crippen molar-refractivity contribution in [3.05, 3.63) is 96.3 Å². The molecule has 4 aromatic rings. The Bertz CT molecular complexity index is 1330. The lowest BCUT2D eigenvalue weighted by Crippen LogP contribution is -2.19. The van der Waals surface area contributed by atoms with Gasteiger partial charge in [0.05, 0.1) is 22.3 Å². The van der Waals surface area contributed by atoms with E-state index in [0.29, 0.717) is 5.69 Å². The normalized spacial score (nSPS) is 11.2. The lowest BCUT2D eigenvalue weighted by molar-refractivity contribution is 0.102. The van der Waals surface area contributed by atoms with E-state index in [-0.39, 0.29) is 16.1 Å². The van der Waals surface area contributed by atoms with Crippen LogP contribution in [0.3, 0.4) is 0 Å². The van der Waals surface area contributed by atoms with Gasteiger partial charge < -0.3 is 5.32 Å². The van der Waals surface area contributed by atoms with Crippen LogP contribution in [0.1, 0.15) is 15.9 Å². The second-order valence-corrected chi connectivity index (χ2v) is 8.54. The maximum atomic E-state index is 12.9. The molecule has 0 aliphatic carbocycles. The Kier molecular flexibility index (Phi) is 5.20. The summed E-state index contributed by atoms with van der Waals surface area (Å²) in [6, 6.07) is 21.3. The fraction of sp³-hybridized carbons (Fsp3) is 0.0435. The van der Waals surface area contributed by atoms with Crippen molar-refractivity contribution in [2.24, 2.45) is 0 Å². The Morgan fingerprint density at radius 2 is 1.63 bits per heavy atom. The third-order valence-electron chi connectivity index (χ3n) is 4.65. The molecular formula is C23H19N3O3S. The molecule has 1 amide bonds. The van der Waals surface area contributed by atoms with Crippen molar-refractivity contribution in [2.45, 2.75) is 11.8 Å². The van der Waals surface area contributed by atoms with Gasteiger partial charge in [0.1, 0.15) is 0 Å². The van der Waals surface area contributed by atoms with E-state index in [1.54, 1.807) is 18.2 Å². The molecule has 0 aliphatic heterocycles. The monoisotopic (exact) mass is 417 g/mol. The van der Waals surface area contributed by atoms with E-state index in [9.17, 15) is 13.2 Å². The van der Waals surface area contributed by atoms with Gasteiger partial charge in [0, 0.05) is 11.9 Å². The predicted octanol–water partition coefficient (Wildman–Crippen LogP) is 4.60. The number of amides is 1. The zero-order chi connectivity index (χ0) is 21.1. The number of pyridine rings is 1. The van der Waals surface area contributed by atoms with Crippen LogP contribution in [0, 0.1) is 6.92 Å². The summed E-state index contributed by atoms with van der Waals surface area (Å²) in [7, 11) is -3.86. The Balaban J connectivity index is 1.60. The van der Waals surface area contributed by atoms with Gasteiger partial charge in [-0.2, -0.15) is 0 Å². The van der Waals surface area contributed by atoms with Crippen LogP contribution in [-0.2, 0) is 10.0 Å². The number of nitrogens with one attached hydrogen (secondary N) is 2. The molecule has 0 saturated carbocycles. The molecule has 3 aromatic carbocycles. The minimum absolute atomic E-state index is 0.108. The molecule has 4 rings (SSSR count). The highest BCUT2D eigenvalue weighted by molar-refractivity contribution is 7.92. The summed E-state index contributed by atoms with van der Waals surface area (Å²) in [5.41, 5.74) is 1.85. The molecule has 0 fully saturated rings. The molecule has 0 unspecified atom stereocenters. The van der Waals surface area contributed by atoms with Crippen LogP contribution < -0.4 is 10.0 Å². The number of hydrogen-bond donors (Lipinski definition) is 2. The number of anilines is 2. The molecule has 7 heteroatoms. The fourth-order valence-electron chi connectivity index (χ4n) is 3.06. The minimum Gasteiger partial charge on any atom is -0.322 e. The summed E-state index contributed by atoms with van der Waals surface area (Å²) in [5, 5.41) is 4.87. The summed E-state index contributed by atoms with van der Waals surface area (Å²) in [6.45, 7) is 1.88. The number of benzene rings is 3. The predicted molar refractivity (Wildman–Crippen MR) is 118 cm³/mol. The van der Waals surface area contributed by atoms with Gasteiger partial charge in [-0.3, -0.25) is 14.5 Å². The molecule has 30 heavy (non-hydrogen) atoms. The zero-order valence-electron chi connectivity index (χ0n) is 16.2. The molecule has 1 heterocycles. The Labute approximate surface area is 174 Å². The number of carbonyl (C=O) groups excluding carboxylic acids is 1. The van der Waals surface area contributed by atoms with Gasteiger partial charge in [-0.05, 0) is 48.0 Å². The SMILES string of the molecule is Cc1ccc(S(=O)(=O)Nc2cnccc2C(=O)Nc2ccc3ccccc3c2)cc1. The number of hydrogen-bond acceptors (Lipinski definition) is 4. The van der Waals surface area contributed by atoms with Crippen molar-refractivity contribution in [3.63, 3.8) is 0 Å². The van der Waals surface area contributed by atoms with E-state index >= 15 is 0 Å². The van der Waals surface area contributed by atoms with Gasteiger partial charge in [0.25, 0.3) is 15.9 Å². The number of rotatable bonds is 5. The van der Waals surface area contributed by atoms with E-state index in [2.05, 4.69) is 15.0 Å². The largest absolute Gasteiger partial charge is 0.322 e. The average molecular weight is 417 g/mol. The van der Waals surface area contributed by atoms with E-state index in [0.717, 1.165) is 16.3 Å². The first-order chi connectivity index (χ1) is 14.4. The molecule has 1 aromatic heterocycles. The first-order valence-electron chi connectivity index (χ1n) is 9.26. The maximum absolute atomic E-state index is 12.9. The van der Waals surface area contributed by atoms with Crippen LogP contribution in [0.25, 0.3) is 10.8 Å². The molecule has 0 bridgehead atoms. The Morgan fingerprint density at radius 3 is 2.40 bits per heavy atom. The minimum atomic E-state index is -3.86. The lowest BCUT2D eigenvalue weighted by atomic mass is 10.1. The zero-order valence-corrected chi connectivity index (χ0v) is 17.0.